The number of hydrogen-bond acceptors (Lipinski definition) is 9. The molecule has 1 unspecified atom stereocenters. The summed E-state index contributed by atoms with van der Waals surface area (Å²) in [5.74, 6) is 1.74. The highest BCUT2D eigenvalue weighted by Crippen LogP contribution is 2.35. The summed E-state index contributed by atoms with van der Waals surface area (Å²) >= 11 is 0. The molecule has 7 rings (SSSR count). The fourth-order valence-electron chi connectivity index (χ4n) is 5.31. The number of carbonyl (C=O) groups is 1. The van der Waals surface area contributed by atoms with Gasteiger partial charge in [0.05, 0.1) is 31.5 Å². The summed E-state index contributed by atoms with van der Waals surface area (Å²) in [5, 5.41) is 7.72. The Hall–Kier alpha value is -4.54. The Labute approximate surface area is 243 Å². The van der Waals surface area contributed by atoms with Crippen LogP contribution in [0.25, 0.3) is 33.3 Å². The SMILES string of the molecule is CNc1ncc(-c2nc3cc(N4CCOC(COCc5ccccc5)C4)ccc3o2)c2cc(NC(=O)C3CC3)ncc12. The monoisotopic (exact) mass is 564 g/mol. The summed E-state index contributed by atoms with van der Waals surface area (Å²) in [5.41, 5.74) is 4.38. The molecule has 1 amide bonds. The lowest BCUT2D eigenvalue weighted by Gasteiger charge is -2.34. The van der Waals surface area contributed by atoms with Crippen LogP contribution >= 0.6 is 0 Å². The Bertz CT molecular complexity index is 1740. The lowest BCUT2D eigenvalue weighted by atomic mass is 10.1. The van der Waals surface area contributed by atoms with E-state index in [0.29, 0.717) is 42.9 Å². The zero-order valence-electron chi connectivity index (χ0n) is 23.4. The Balaban J connectivity index is 1.12. The second kappa shape index (κ2) is 11.4. The Morgan fingerprint density at radius 3 is 2.79 bits per heavy atom. The molecular formula is C32H32N6O4. The van der Waals surface area contributed by atoms with Gasteiger partial charge < -0.3 is 29.4 Å². The van der Waals surface area contributed by atoms with Gasteiger partial charge in [0.25, 0.3) is 0 Å². The molecule has 2 N–H and O–H groups in total. The molecule has 3 aromatic heterocycles. The first-order valence-corrected chi connectivity index (χ1v) is 14.3. The number of nitrogens with zero attached hydrogens (tertiary/aromatic N) is 4. The van der Waals surface area contributed by atoms with Gasteiger partial charge in [0.15, 0.2) is 5.58 Å². The van der Waals surface area contributed by atoms with Crippen molar-refractivity contribution in [2.24, 2.45) is 5.92 Å². The lowest BCUT2D eigenvalue weighted by Crippen LogP contribution is -2.44. The van der Waals surface area contributed by atoms with Gasteiger partial charge in [0.1, 0.15) is 17.2 Å². The highest BCUT2D eigenvalue weighted by molar-refractivity contribution is 6.03. The molecule has 10 nitrogen and oxygen atoms in total. The van der Waals surface area contributed by atoms with Gasteiger partial charge in [-0.3, -0.25) is 4.79 Å². The fraction of sp³-hybridized carbons (Fsp3) is 0.312. The van der Waals surface area contributed by atoms with Crippen molar-refractivity contribution in [3.05, 3.63) is 72.6 Å². The van der Waals surface area contributed by atoms with Crippen molar-refractivity contribution in [3.63, 3.8) is 0 Å². The van der Waals surface area contributed by atoms with Crippen molar-refractivity contribution >= 4 is 45.1 Å². The molecule has 214 valence electrons. The topological polar surface area (TPSA) is 115 Å². The molecule has 0 spiro atoms. The minimum atomic E-state index is -0.0163. The zero-order valence-corrected chi connectivity index (χ0v) is 23.4. The molecule has 1 saturated heterocycles. The minimum Gasteiger partial charge on any atom is -0.436 e. The zero-order chi connectivity index (χ0) is 28.5. The molecule has 0 radical (unpaired) electrons. The van der Waals surface area contributed by atoms with E-state index < -0.39 is 0 Å². The number of pyridine rings is 2. The standard InChI is InChI=1S/C32H32N6O4/c1-33-30-25-15-34-29(37-31(39)21-7-8-21)14-24(25)26(16-35-30)32-36-27-13-22(9-10-28(27)42-32)38-11-12-41-23(17-38)19-40-18-20-5-3-2-4-6-20/h2-6,9-10,13-16,21,23H,7-8,11-12,17-19H2,1H3,(H,33,35)(H,34,37,39). The number of aromatic nitrogens is 3. The molecule has 2 aliphatic rings. The van der Waals surface area contributed by atoms with Crippen molar-refractivity contribution in [1.82, 2.24) is 15.0 Å². The second-order valence-electron chi connectivity index (χ2n) is 10.8. The summed E-state index contributed by atoms with van der Waals surface area (Å²) in [6, 6.07) is 18.1. The van der Waals surface area contributed by atoms with E-state index in [1.54, 1.807) is 12.4 Å². The molecule has 1 atom stereocenters. The largest absolute Gasteiger partial charge is 0.436 e. The van der Waals surface area contributed by atoms with Crippen molar-refractivity contribution in [2.45, 2.75) is 25.6 Å². The van der Waals surface area contributed by atoms with E-state index in [1.165, 1.54) is 0 Å². The summed E-state index contributed by atoms with van der Waals surface area (Å²) in [7, 11) is 1.82. The maximum Gasteiger partial charge on any atom is 0.229 e. The van der Waals surface area contributed by atoms with Crippen LogP contribution in [-0.2, 0) is 20.9 Å². The number of carbonyl (C=O) groups excluding carboxylic acids is 1. The molecule has 2 aromatic carbocycles. The predicted molar refractivity (Wildman–Crippen MR) is 161 cm³/mol. The summed E-state index contributed by atoms with van der Waals surface area (Å²) in [6.07, 6.45) is 5.30. The first-order chi connectivity index (χ1) is 20.6. The number of ether oxygens (including phenoxy) is 2. The van der Waals surface area contributed by atoms with Gasteiger partial charge in [-0.1, -0.05) is 30.3 Å². The second-order valence-corrected chi connectivity index (χ2v) is 10.8. The van der Waals surface area contributed by atoms with Gasteiger partial charge in [0.2, 0.25) is 11.8 Å². The summed E-state index contributed by atoms with van der Waals surface area (Å²) < 4.78 is 18.1. The normalized spacial score (nSPS) is 17.1. The molecule has 1 aliphatic carbocycles. The van der Waals surface area contributed by atoms with Crippen LogP contribution in [0.15, 0.2) is 71.4 Å². The van der Waals surface area contributed by atoms with Crippen LogP contribution in [-0.4, -0.2) is 60.3 Å². The molecule has 42 heavy (non-hydrogen) atoms. The molecule has 1 aliphatic heterocycles. The third-order valence-electron chi connectivity index (χ3n) is 7.73. The Morgan fingerprint density at radius 1 is 1.07 bits per heavy atom. The van der Waals surface area contributed by atoms with Crippen LogP contribution in [0.1, 0.15) is 18.4 Å². The molecule has 0 bridgehead atoms. The highest BCUT2D eigenvalue weighted by Gasteiger charge is 2.30. The van der Waals surface area contributed by atoms with Gasteiger partial charge in [-0.15, -0.1) is 0 Å². The number of anilines is 3. The molecule has 1 saturated carbocycles. The maximum atomic E-state index is 12.4. The van der Waals surface area contributed by atoms with E-state index in [4.69, 9.17) is 18.9 Å². The summed E-state index contributed by atoms with van der Waals surface area (Å²) in [6.45, 7) is 3.24. The van der Waals surface area contributed by atoms with E-state index in [-0.39, 0.29) is 17.9 Å². The van der Waals surface area contributed by atoms with E-state index in [0.717, 1.165) is 59.0 Å². The van der Waals surface area contributed by atoms with E-state index in [1.807, 2.05) is 37.4 Å². The number of benzene rings is 2. The minimum absolute atomic E-state index is 0.00814. The van der Waals surface area contributed by atoms with Crippen molar-refractivity contribution in [3.8, 4) is 11.5 Å². The number of morpholine rings is 1. The van der Waals surface area contributed by atoms with E-state index in [2.05, 4.69) is 49.8 Å². The predicted octanol–water partition coefficient (Wildman–Crippen LogP) is 5.25. The molecule has 10 heteroatoms. The molecular weight excluding hydrogens is 532 g/mol. The third kappa shape index (κ3) is 5.50. The number of oxazole rings is 1. The highest BCUT2D eigenvalue weighted by atomic mass is 16.5. The first-order valence-electron chi connectivity index (χ1n) is 14.3. The average molecular weight is 565 g/mol. The molecule has 4 heterocycles. The van der Waals surface area contributed by atoms with Gasteiger partial charge in [0, 0.05) is 54.9 Å². The van der Waals surface area contributed by atoms with Crippen molar-refractivity contribution in [2.75, 3.05) is 48.9 Å². The quantitative estimate of drug-likeness (QED) is 0.248. The number of fused-ring (bicyclic) bond motifs is 2. The number of nitrogens with one attached hydrogen (secondary N) is 2. The molecule has 2 fully saturated rings. The first kappa shape index (κ1) is 26.4. The van der Waals surface area contributed by atoms with Gasteiger partial charge in [-0.05, 0) is 42.7 Å². The molecule has 5 aromatic rings. The van der Waals surface area contributed by atoms with Crippen molar-refractivity contribution < 1.29 is 18.7 Å². The third-order valence-corrected chi connectivity index (χ3v) is 7.73. The lowest BCUT2D eigenvalue weighted by molar-refractivity contribution is -0.117. The van der Waals surface area contributed by atoms with Crippen LogP contribution in [0.5, 0.6) is 0 Å². The van der Waals surface area contributed by atoms with Crippen LogP contribution in [0, 0.1) is 5.92 Å². The number of amides is 1. The smallest absolute Gasteiger partial charge is 0.229 e. The maximum absolute atomic E-state index is 12.4. The van der Waals surface area contributed by atoms with Crippen LogP contribution < -0.4 is 15.5 Å². The van der Waals surface area contributed by atoms with Crippen LogP contribution in [0.3, 0.4) is 0 Å². The average Bonchev–Trinajstić information content (AvgIpc) is 3.80. The fourth-order valence-corrected chi connectivity index (χ4v) is 5.31. The Morgan fingerprint density at radius 2 is 1.95 bits per heavy atom. The Kier molecular flexibility index (Phi) is 7.15. The van der Waals surface area contributed by atoms with Crippen LogP contribution in [0.2, 0.25) is 0 Å². The van der Waals surface area contributed by atoms with Gasteiger partial charge in [-0.25, -0.2) is 15.0 Å². The number of hydrogen-bond donors (Lipinski definition) is 2. The van der Waals surface area contributed by atoms with Crippen LogP contribution in [0.4, 0.5) is 17.3 Å². The van der Waals surface area contributed by atoms with E-state index >= 15 is 0 Å². The number of rotatable bonds is 9. The summed E-state index contributed by atoms with van der Waals surface area (Å²) in [4.78, 5) is 28.6. The van der Waals surface area contributed by atoms with Gasteiger partial charge in [-0.2, -0.15) is 0 Å². The van der Waals surface area contributed by atoms with Gasteiger partial charge >= 0.3 is 0 Å². The van der Waals surface area contributed by atoms with E-state index in [9.17, 15) is 4.79 Å². The van der Waals surface area contributed by atoms with Crippen molar-refractivity contribution in [1.29, 1.82) is 0 Å².